The van der Waals surface area contributed by atoms with Crippen LogP contribution in [0.5, 0.6) is 5.88 Å². The Morgan fingerprint density at radius 2 is 1.95 bits per heavy atom. The number of methoxy groups -OCH3 is 1. The van der Waals surface area contributed by atoms with Gasteiger partial charge in [0.25, 0.3) is 0 Å². The van der Waals surface area contributed by atoms with Gasteiger partial charge in [0.1, 0.15) is 0 Å². The van der Waals surface area contributed by atoms with Gasteiger partial charge < -0.3 is 15.2 Å². The molecular formula is C15H19F3N2O2. The van der Waals surface area contributed by atoms with Gasteiger partial charge in [-0.3, -0.25) is 0 Å². The van der Waals surface area contributed by atoms with Crippen molar-refractivity contribution in [3.8, 4) is 5.88 Å². The molecule has 2 aliphatic heterocycles. The standard InChI is InChI=1S/C15H19F3N2O2/c1-22-13-12(5-9(8-19-13)15(16,17)18)14(21)6-10-3-2-4-11(7-14)20-10/h5,8,10-11,20-21H,2-4,6-7H2,1H3. The predicted octanol–water partition coefficient (Wildman–Crippen LogP) is 2.60. The Hall–Kier alpha value is -1.34. The lowest BCUT2D eigenvalue weighted by atomic mass is 9.74. The molecule has 2 saturated heterocycles. The van der Waals surface area contributed by atoms with Crippen molar-refractivity contribution in [1.82, 2.24) is 10.3 Å². The molecule has 0 spiro atoms. The number of fused-ring (bicyclic) bond motifs is 2. The fourth-order valence-corrected chi connectivity index (χ4v) is 3.65. The number of halogens is 3. The number of nitrogens with zero attached hydrogens (tertiary/aromatic N) is 1. The van der Waals surface area contributed by atoms with Crippen molar-refractivity contribution in [2.75, 3.05) is 7.11 Å². The number of ether oxygens (including phenoxy) is 1. The first-order valence-electron chi connectivity index (χ1n) is 7.42. The number of alkyl halides is 3. The summed E-state index contributed by atoms with van der Waals surface area (Å²) >= 11 is 0. The molecule has 2 bridgehead atoms. The Kier molecular flexibility index (Phi) is 3.81. The van der Waals surface area contributed by atoms with Crippen molar-refractivity contribution in [1.29, 1.82) is 0 Å². The molecule has 0 radical (unpaired) electrons. The van der Waals surface area contributed by atoms with Crippen molar-refractivity contribution in [3.63, 3.8) is 0 Å². The molecule has 122 valence electrons. The Labute approximate surface area is 126 Å². The summed E-state index contributed by atoms with van der Waals surface area (Å²) in [7, 11) is 1.35. The fraction of sp³-hybridized carbons (Fsp3) is 0.667. The van der Waals surface area contributed by atoms with Gasteiger partial charge in [0.2, 0.25) is 5.88 Å². The maximum Gasteiger partial charge on any atom is 0.417 e. The minimum absolute atomic E-state index is 0.0653. The molecule has 2 atom stereocenters. The number of nitrogens with one attached hydrogen (secondary N) is 1. The second kappa shape index (κ2) is 5.38. The highest BCUT2D eigenvalue weighted by atomic mass is 19.4. The van der Waals surface area contributed by atoms with Gasteiger partial charge in [-0.15, -0.1) is 0 Å². The molecular weight excluding hydrogens is 297 g/mol. The molecule has 22 heavy (non-hydrogen) atoms. The maximum atomic E-state index is 13.0. The van der Waals surface area contributed by atoms with Crippen LogP contribution in [0.1, 0.15) is 43.2 Å². The molecule has 2 fully saturated rings. The zero-order valence-corrected chi connectivity index (χ0v) is 12.3. The van der Waals surface area contributed by atoms with E-state index in [0.717, 1.165) is 31.5 Å². The van der Waals surface area contributed by atoms with E-state index in [-0.39, 0.29) is 23.5 Å². The number of rotatable bonds is 2. The van der Waals surface area contributed by atoms with Crippen LogP contribution in [0.25, 0.3) is 0 Å². The van der Waals surface area contributed by atoms with Gasteiger partial charge >= 0.3 is 6.18 Å². The molecule has 7 heteroatoms. The molecule has 0 aromatic carbocycles. The van der Waals surface area contributed by atoms with Gasteiger partial charge in [-0.25, -0.2) is 4.98 Å². The zero-order valence-electron chi connectivity index (χ0n) is 12.3. The lowest BCUT2D eigenvalue weighted by molar-refractivity contribution is -0.138. The van der Waals surface area contributed by atoms with E-state index in [4.69, 9.17) is 4.74 Å². The molecule has 3 rings (SSSR count). The highest BCUT2D eigenvalue weighted by molar-refractivity contribution is 5.37. The van der Waals surface area contributed by atoms with Crippen LogP contribution in [0, 0.1) is 0 Å². The van der Waals surface area contributed by atoms with E-state index in [0.29, 0.717) is 12.8 Å². The van der Waals surface area contributed by atoms with Gasteiger partial charge in [0.15, 0.2) is 0 Å². The van der Waals surface area contributed by atoms with E-state index in [1.165, 1.54) is 7.11 Å². The monoisotopic (exact) mass is 316 g/mol. The molecule has 0 amide bonds. The predicted molar refractivity (Wildman–Crippen MR) is 73.5 cm³/mol. The zero-order chi connectivity index (χ0) is 16.0. The van der Waals surface area contributed by atoms with E-state index < -0.39 is 17.3 Å². The maximum absolute atomic E-state index is 13.0. The van der Waals surface area contributed by atoms with Gasteiger partial charge in [0.05, 0.1) is 18.3 Å². The van der Waals surface area contributed by atoms with Crippen LogP contribution in [-0.2, 0) is 11.8 Å². The third-order valence-electron chi connectivity index (χ3n) is 4.62. The lowest BCUT2D eigenvalue weighted by Gasteiger charge is -2.45. The third kappa shape index (κ3) is 2.79. The van der Waals surface area contributed by atoms with Crippen molar-refractivity contribution in [2.45, 2.75) is 56.0 Å². The van der Waals surface area contributed by atoms with Crippen LogP contribution < -0.4 is 10.1 Å². The van der Waals surface area contributed by atoms with E-state index >= 15 is 0 Å². The molecule has 2 N–H and O–H groups in total. The molecule has 1 aromatic heterocycles. The molecule has 2 unspecified atom stereocenters. The summed E-state index contributed by atoms with van der Waals surface area (Å²) in [5.41, 5.74) is -2.05. The number of hydrogen-bond acceptors (Lipinski definition) is 4. The first-order chi connectivity index (χ1) is 10.3. The van der Waals surface area contributed by atoms with Crippen molar-refractivity contribution >= 4 is 0 Å². The van der Waals surface area contributed by atoms with Crippen molar-refractivity contribution < 1.29 is 23.0 Å². The fourth-order valence-electron chi connectivity index (χ4n) is 3.65. The Bertz CT molecular complexity index is 550. The molecule has 4 nitrogen and oxygen atoms in total. The summed E-state index contributed by atoms with van der Waals surface area (Å²) in [5, 5.41) is 14.4. The lowest BCUT2D eigenvalue weighted by Crippen LogP contribution is -2.54. The Balaban J connectivity index is 2.01. The summed E-state index contributed by atoms with van der Waals surface area (Å²) < 4.78 is 43.9. The average molecular weight is 316 g/mol. The first-order valence-corrected chi connectivity index (χ1v) is 7.42. The molecule has 2 aliphatic rings. The van der Waals surface area contributed by atoms with Crippen molar-refractivity contribution in [3.05, 3.63) is 23.4 Å². The molecule has 0 aliphatic carbocycles. The van der Waals surface area contributed by atoms with Gasteiger partial charge in [0, 0.05) is 23.8 Å². The SMILES string of the molecule is COc1ncc(C(F)(F)F)cc1C1(O)CC2CCCC(C1)N2. The van der Waals surface area contributed by atoms with Crippen LogP contribution in [-0.4, -0.2) is 29.3 Å². The van der Waals surface area contributed by atoms with E-state index in [9.17, 15) is 18.3 Å². The molecule has 0 saturated carbocycles. The van der Waals surface area contributed by atoms with Gasteiger partial charge in [-0.05, 0) is 31.7 Å². The number of piperidine rings is 2. The Morgan fingerprint density at radius 1 is 1.32 bits per heavy atom. The number of hydrogen-bond donors (Lipinski definition) is 2. The van der Waals surface area contributed by atoms with E-state index in [1.54, 1.807) is 0 Å². The summed E-state index contributed by atoms with van der Waals surface area (Å²) in [6.45, 7) is 0. The average Bonchev–Trinajstić information content (AvgIpc) is 2.45. The van der Waals surface area contributed by atoms with Gasteiger partial charge in [-0.1, -0.05) is 6.42 Å². The van der Waals surface area contributed by atoms with Crippen LogP contribution >= 0.6 is 0 Å². The third-order valence-corrected chi connectivity index (χ3v) is 4.62. The topological polar surface area (TPSA) is 54.4 Å². The quantitative estimate of drug-likeness (QED) is 0.880. The van der Waals surface area contributed by atoms with Crippen LogP contribution in [0.2, 0.25) is 0 Å². The van der Waals surface area contributed by atoms with E-state index in [1.807, 2.05) is 0 Å². The second-order valence-corrected chi connectivity index (χ2v) is 6.21. The van der Waals surface area contributed by atoms with Crippen LogP contribution in [0.4, 0.5) is 13.2 Å². The highest BCUT2D eigenvalue weighted by Crippen LogP contribution is 2.44. The Morgan fingerprint density at radius 3 is 2.50 bits per heavy atom. The molecule has 1 aromatic rings. The van der Waals surface area contributed by atoms with Crippen molar-refractivity contribution in [2.24, 2.45) is 0 Å². The van der Waals surface area contributed by atoms with Gasteiger partial charge in [-0.2, -0.15) is 13.2 Å². The summed E-state index contributed by atoms with van der Waals surface area (Å²) in [5.74, 6) is 0.0653. The normalized spacial score (nSPS) is 31.9. The van der Waals surface area contributed by atoms with Crippen LogP contribution in [0.3, 0.4) is 0 Å². The minimum atomic E-state index is -4.49. The number of pyridine rings is 1. The molecule has 3 heterocycles. The number of aromatic nitrogens is 1. The second-order valence-electron chi connectivity index (χ2n) is 6.21. The number of aliphatic hydroxyl groups is 1. The summed E-state index contributed by atoms with van der Waals surface area (Å²) in [4.78, 5) is 3.76. The largest absolute Gasteiger partial charge is 0.481 e. The summed E-state index contributed by atoms with van der Waals surface area (Å²) in [6.07, 6.45) is -0.0656. The van der Waals surface area contributed by atoms with E-state index in [2.05, 4.69) is 10.3 Å². The highest BCUT2D eigenvalue weighted by Gasteiger charge is 2.44. The minimum Gasteiger partial charge on any atom is -0.481 e. The first kappa shape index (κ1) is 15.6. The summed E-state index contributed by atoms with van der Waals surface area (Å²) in [6, 6.07) is 1.22. The smallest absolute Gasteiger partial charge is 0.417 e. The van der Waals surface area contributed by atoms with Crippen LogP contribution in [0.15, 0.2) is 12.3 Å².